The molecule has 1 rings (SSSR count). The second-order valence-corrected chi connectivity index (χ2v) is 4.03. The van der Waals surface area contributed by atoms with E-state index in [9.17, 15) is 0 Å². The van der Waals surface area contributed by atoms with Crippen LogP contribution in [0.4, 0.5) is 0 Å². The molecule has 4 heteroatoms. The molecule has 3 nitrogen and oxygen atoms in total. The summed E-state index contributed by atoms with van der Waals surface area (Å²) in [5.41, 5.74) is 3.92. The number of nitrogens with two attached hydrogens (primary N) is 1. The molecule has 84 valence electrons. The molecule has 0 amide bonds. The van der Waals surface area contributed by atoms with E-state index in [1.807, 2.05) is 6.92 Å². The SMILES string of the molecule is CCOCC(NN)c1ccc(SC)cc1. The van der Waals surface area contributed by atoms with Crippen molar-refractivity contribution in [2.45, 2.75) is 17.9 Å². The summed E-state index contributed by atoms with van der Waals surface area (Å²) >= 11 is 1.73. The van der Waals surface area contributed by atoms with Crippen molar-refractivity contribution in [2.75, 3.05) is 19.5 Å². The van der Waals surface area contributed by atoms with Crippen LogP contribution in [0, 0.1) is 0 Å². The zero-order chi connectivity index (χ0) is 11.1. The fraction of sp³-hybridized carbons (Fsp3) is 0.455. The van der Waals surface area contributed by atoms with Crippen LogP contribution in [0.1, 0.15) is 18.5 Å². The Bertz CT molecular complexity index is 276. The minimum atomic E-state index is 0.0702. The fourth-order valence-electron chi connectivity index (χ4n) is 1.31. The van der Waals surface area contributed by atoms with Crippen molar-refractivity contribution in [3.63, 3.8) is 0 Å². The standard InChI is InChI=1S/C11H18N2OS/c1-3-14-8-11(13-12)9-4-6-10(15-2)7-5-9/h4-7,11,13H,3,8,12H2,1-2H3. The molecule has 0 radical (unpaired) electrons. The lowest BCUT2D eigenvalue weighted by atomic mass is 10.1. The average molecular weight is 226 g/mol. The molecular formula is C11H18N2OS. The number of hydrogen-bond donors (Lipinski definition) is 2. The Labute approximate surface area is 95.4 Å². The molecule has 0 saturated heterocycles. The predicted molar refractivity (Wildman–Crippen MR) is 64.8 cm³/mol. The van der Waals surface area contributed by atoms with E-state index in [-0.39, 0.29) is 6.04 Å². The molecule has 0 fully saturated rings. The highest BCUT2D eigenvalue weighted by Crippen LogP contribution is 2.18. The second-order valence-electron chi connectivity index (χ2n) is 3.15. The molecule has 1 unspecified atom stereocenters. The molecule has 0 aliphatic carbocycles. The van der Waals surface area contributed by atoms with Gasteiger partial charge in [-0.05, 0) is 30.9 Å². The van der Waals surface area contributed by atoms with Gasteiger partial charge in [0.2, 0.25) is 0 Å². The van der Waals surface area contributed by atoms with Gasteiger partial charge in [0.25, 0.3) is 0 Å². The molecule has 0 aliphatic heterocycles. The highest BCUT2D eigenvalue weighted by atomic mass is 32.2. The van der Waals surface area contributed by atoms with E-state index in [4.69, 9.17) is 10.6 Å². The van der Waals surface area contributed by atoms with Gasteiger partial charge in [-0.15, -0.1) is 11.8 Å². The summed E-state index contributed by atoms with van der Waals surface area (Å²) in [6.45, 7) is 3.29. The van der Waals surface area contributed by atoms with Gasteiger partial charge in [-0.25, -0.2) is 0 Å². The normalized spacial score (nSPS) is 12.7. The van der Waals surface area contributed by atoms with Crippen molar-refractivity contribution in [1.82, 2.24) is 5.43 Å². The van der Waals surface area contributed by atoms with Crippen LogP contribution >= 0.6 is 11.8 Å². The summed E-state index contributed by atoms with van der Waals surface area (Å²) < 4.78 is 5.35. The summed E-state index contributed by atoms with van der Waals surface area (Å²) in [6.07, 6.45) is 2.06. The fourth-order valence-corrected chi connectivity index (χ4v) is 1.72. The Morgan fingerprint density at radius 3 is 2.53 bits per heavy atom. The summed E-state index contributed by atoms with van der Waals surface area (Å²) in [5.74, 6) is 5.48. The van der Waals surface area contributed by atoms with Gasteiger partial charge >= 0.3 is 0 Å². The van der Waals surface area contributed by atoms with Crippen molar-refractivity contribution in [2.24, 2.45) is 5.84 Å². The number of hydrazine groups is 1. The van der Waals surface area contributed by atoms with E-state index in [1.165, 1.54) is 4.90 Å². The van der Waals surface area contributed by atoms with Crippen molar-refractivity contribution in [3.05, 3.63) is 29.8 Å². The van der Waals surface area contributed by atoms with Crippen molar-refractivity contribution < 1.29 is 4.74 Å². The first kappa shape index (κ1) is 12.5. The van der Waals surface area contributed by atoms with Crippen molar-refractivity contribution >= 4 is 11.8 Å². The molecule has 1 aromatic carbocycles. The van der Waals surface area contributed by atoms with Gasteiger partial charge in [-0.1, -0.05) is 12.1 Å². The molecule has 0 spiro atoms. The van der Waals surface area contributed by atoms with Crippen LogP contribution in [0.2, 0.25) is 0 Å². The highest BCUT2D eigenvalue weighted by Gasteiger charge is 2.08. The molecule has 3 N–H and O–H groups in total. The molecule has 0 saturated carbocycles. The summed E-state index contributed by atoms with van der Waals surface area (Å²) in [4.78, 5) is 1.26. The van der Waals surface area contributed by atoms with Crippen LogP contribution in [0.25, 0.3) is 0 Å². The Hall–Kier alpha value is -0.550. The van der Waals surface area contributed by atoms with E-state index < -0.39 is 0 Å². The zero-order valence-electron chi connectivity index (χ0n) is 9.19. The Kier molecular flexibility index (Phi) is 5.71. The van der Waals surface area contributed by atoms with Gasteiger partial charge in [-0.3, -0.25) is 11.3 Å². The van der Waals surface area contributed by atoms with Crippen molar-refractivity contribution in [1.29, 1.82) is 0 Å². The van der Waals surface area contributed by atoms with Gasteiger partial charge in [0.15, 0.2) is 0 Å². The molecule has 1 atom stereocenters. The number of ether oxygens (including phenoxy) is 1. The molecule has 0 heterocycles. The quantitative estimate of drug-likeness (QED) is 0.442. The van der Waals surface area contributed by atoms with Gasteiger partial charge in [0.05, 0.1) is 12.6 Å². The smallest absolute Gasteiger partial charge is 0.0693 e. The lowest BCUT2D eigenvalue weighted by molar-refractivity contribution is 0.123. The van der Waals surface area contributed by atoms with Crippen molar-refractivity contribution in [3.8, 4) is 0 Å². The van der Waals surface area contributed by atoms with E-state index in [0.29, 0.717) is 13.2 Å². The van der Waals surface area contributed by atoms with Crippen LogP contribution < -0.4 is 11.3 Å². The lowest BCUT2D eigenvalue weighted by Crippen LogP contribution is -2.31. The molecule has 0 aromatic heterocycles. The minimum absolute atomic E-state index is 0.0702. The molecule has 0 bridgehead atoms. The number of nitrogens with one attached hydrogen (secondary N) is 1. The van der Waals surface area contributed by atoms with Crippen LogP contribution in [0.3, 0.4) is 0 Å². The number of rotatable bonds is 6. The van der Waals surface area contributed by atoms with Gasteiger partial charge in [0.1, 0.15) is 0 Å². The molecule has 0 aliphatic rings. The topological polar surface area (TPSA) is 47.3 Å². The van der Waals surface area contributed by atoms with E-state index in [1.54, 1.807) is 11.8 Å². The monoisotopic (exact) mass is 226 g/mol. The van der Waals surface area contributed by atoms with E-state index >= 15 is 0 Å². The Morgan fingerprint density at radius 1 is 1.40 bits per heavy atom. The van der Waals surface area contributed by atoms with Crippen LogP contribution in [-0.2, 0) is 4.74 Å². The highest BCUT2D eigenvalue weighted by molar-refractivity contribution is 7.98. The number of thioether (sulfide) groups is 1. The van der Waals surface area contributed by atoms with Crippen LogP contribution in [0.15, 0.2) is 29.2 Å². The second kappa shape index (κ2) is 6.85. The maximum atomic E-state index is 5.48. The van der Waals surface area contributed by atoms with Gasteiger partial charge in [-0.2, -0.15) is 0 Å². The minimum Gasteiger partial charge on any atom is -0.380 e. The van der Waals surface area contributed by atoms with Gasteiger partial charge in [0, 0.05) is 11.5 Å². The summed E-state index contributed by atoms with van der Waals surface area (Å²) in [6, 6.07) is 8.41. The summed E-state index contributed by atoms with van der Waals surface area (Å²) in [5, 5.41) is 0. The summed E-state index contributed by atoms with van der Waals surface area (Å²) in [7, 11) is 0. The van der Waals surface area contributed by atoms with E-state index in [0.717, 1.165) is 5.56 Å². The maximum Gasteiger partial charge on any atom is 0.0693 e. The number of benzene rings is 1. The largest absolute Gasteiger partial charge is 0.380 e. The molecular weight excluding hydrogens is 208 g/mol. The predicted octanol–water partition coefficient (Wildman–Crippen LogP) is 1.95. The third kappa shape index (κ3) is 3.83. The van der Waals surface area contributed by atoms with E-state index in [2.05, 4.69) is 35.9 Å². The van der Waals surface area contributed by atoms with Crippen LogP contribution in [-0.4, -0.2) is 19.5 Å². The Morgan fingerprint density at radius 2 is 2.07 bits per heavy atom. The molecule has 15 heavy (non-hydrogen) atoms. The first-order valence-electron chi connectivity index (χ1n) is 4.99. The Balaban J connectivity index is 2.65. The third-order valence-corrected chi connectivity index (χ3v) is 2.95. The number of hydrogen-bond acceptors (Lipinski definition) is 4. The molecule has 1 aromatic rings. The third-order valence-electron chi connectivity index (χ3n) is 2.21. The van der Waals surface area contributed by atoms with Crippen LogP contribution in [0.5, 0.6) is 0 Å². The average Bonchev–Trinajstić information content (AvgIpc) is 2.31. The van der Waals surface area contributed by atoms with Gasteiger partial charge < -0.3 is 4.74 Å². The maximum absolute atomic E-state index is 5.48. The zero-order valence-corrected chi connectivity index (χ0v) is 10.0. The lowest BCUT2D eigenvalue weighted by Gasteiger charge is -2.16. The first-order chi connectivity index (χ1) is 7.31. The first-order valence-corrected chi connectivity index (χ1v) is 6.22.